The van der Waals surface area contributed by atoms with Gasteiger partial charge in [0, 0.05) is 74.8 Å². The van der Waals surface area contributed by atoms with Crippen molar-refractivity contribution < 1.29 is 0 Å². The molecule has 0 bridgehead atoms. The van der Waals surface area contributed by atoms with Gasteiger partial charge in [-0.3, -0.25) is 9.88 Å². The Morgan fingerprint density at radius 2 is 1.83 bits per heavy atom. The van der Waals surface area contributed by atoms with Crippen LogP contribution in [0.4, 0.5) is 11.4 Å². The maximum absolute atomic E-state index is 4.50. The molecule has 0 saturated carbocycles. The summed E-state index contributed by atoms with van der Waals surface area (Å²) in [6, 6.07) is 15.1. The fourth-order valence-corrected chi connectivity index (χ4v) is 4.58. The van der Waals surface area contributed by atoms with Gasteiger partial charge in [-0.2, -0.15) is 0 Å². The van der Waals surface area contributed by atoms with E-state index in [0.29, 0.717) is 0 Å². The lowest BCUT2D eigenvalue weighted by Gasteiger charge is -2.38. The van der Waals surface area contributed by atoms with Crippen molar-refractivity contribution in [2.75, 3.05) is 63.6 Å². The molecule has 6 heteroatoms. The zero-order valence-corrected chi connectivity index (χ0v) is 17.8. The first-order valence-corrected chi connectivity index (χ1v) is 10.8. The summed E-state index contributed by atoms with van der Waals surface area (Å²) in [5.41, 5.74) is 6.16. The third-order valence-corrected chi connectivity index (χ3v) is 6.25. The Morgan fingerprint density at radius 3 is 2.67 bits per heavy atom. The topological polar surface area (TPSA) is 39.6 Å². The molecule has 0 spiro atoms. The molecule has 1 atom stereocenters. The Hall–Kier alpha value is -2.83. The van der Waals surface area contributed by atoms with E-state index in [1.807, 2.05) is 12.4 Å². The van der Waals surface area contributed by atoms with Gasteiger partial charge in [0.15, 0.2) is 0 Å². The van der Waals surface area contributed by atoms with Crippen LogP contribution in [0.25, 0.3) is 5.69 Å². The van der Waals surface area contributed by atoms with E-state index >= 15 is 0 Å². The molecular formula is C24H30N6. The van der Waals surface area contributed by atoms with Crippen molar-refractivity contribution in [1.29, 1.82) is 0 Å². The number of aromatic nitrogens is 2. The number of anilines is 2. The van der Waals surface area contributed by atoms with Gasteiger partial charge in [0.05, 0.1) is 17.4 Å². The highest BCUT2D eigenvalue weighted by atomic mass is 15.3. The van der Waals surface area contributed by atoms with Crippen LogP contribution in [0, 0.1) is 0 Å². The van der Waals surface area contributed by atoms with Crippen LogP contribution in [0.15, 0.2) is 61.1 Å². The van der Waals surface area contributed by atoms with Crippen LogP contribution < -0.4 is 10.2 Å². The predicted molar refractivity (Wildman–Crippen MR) is 123 cm³/mol. The van der Waals surface area contributed by atoms with E-state index in [9.17, 15) is 0 Å². The summed E-state index contributed by atoms with van der Waals surface area (Å²) >= 11 is 0. The molecule has 1 saturated heterocycles. The van der Waals surface area contributed by atoms with Crippen LogP contribution in [0.2, 0.25) is 0 Å². The average Bonchev–Trinajstić information content (AvgIpc) is 3.28. The summed E-state index contributed by atoms with van der Waals surface area (Å²) in [5, 5.41) is 3.77. The fourth-order valence-electron chi connectivity index (χ4n) is 4.58. The van der Waals surface area contributed by atoms with E-state index in [4.69, 9.17) is 0 Å². The zero-order chi connectivity index (χ0) is 20.5. The molecular weight excluding hydrogens is 372 g/mol. The standard InChI is InChI=1S/C24H30N6/c1-27(2)12-13-28-14-16-29(17-15-28)21-9-10-25-18-19(21)24-23-8-5-11-30(23)22-7-4-3-6-20(22)26-24/h3-11,18,24,26H,12-17H2,1-2H3. The first kappa shape index (κ1) is 19.2. The number of nitrogens with zero attached hydrogens (tertiary/aromatic N) is 5. The summed E-state index contributed by atoms with van der Waals surface area (Å²) in [6.45, 7) is 6.56. The molecule has 30 heavy (non-hydrogen) atoms. The number of rotatable bonds is 5. The maximum Gasteiger partial charge on any atom is 0.0959 e. The molecule has 4 heterocycles. The largest absolute Gasteiger partial charge is 0.371 e. The number of nitrogens with one attached hydrogen (secondary N) is 1. The van der Waals surface area contributed by atoms with Gasteiger partial charge < -0.3 is 19.7 Å². The first-order chi connectivity index (χ1) is 14.7. The van der Waals surface area contributed by atoms with Gasteiger partial charge in [-0.05, 0) is 44.4 Å². The summed E-state index contributed by atoms with van der Waals surface area (Å²) in [4.78, 5) is 11.9. The summed E-state index contributed by atoms with van der Waals surface area (Å²) in [6.07, 6.45) is 6.12. The average molecular weight is 403 g/mol. The first-order valence-electron chi connectivity index (χ1n) is 10.8. The van der Waals surface area contributed by atoms with E-state index in [0.717, 1.165) is 45.0 Å². The van der Waals surface area contributed by atoms with Gasteiger partial charge in [0.1, 0.15) is 0 Å². The Kier molecular flexibility index (Phi) is 5.19. The number of para-hydroxylation sites is 2. The maximum atomic E-state index is 4.50. The monoisotopic (exact) mass is 402 g/mol. The van der Waals surface area contributed by atoms with Gasteiger partial charge in [0.2, 0.25) is 0 Å². The lowest BCUT2D eigenvalue weighted by atomic mass is 9.99. The van der Waals surface area contributed by atoms with Crippen molar-refractivity contribution in [3.05, 3.63) is 72.3 Å². The van der Waals surface area contributed by atoms with Crippen molar-refractivity contribution >= 4 is 11.4 Å². The molecule has 0 aliphatic carbocycles. The van der Waals surface area contributed by atoms with Gasteiger partial charge in [-0.15, -0.1) is 0 Å². The highest BCUT2D eigenvalue weighted by molar-refractivity contribution is 5.69. The van der Waals surface area contributed by atoms with Gasteiger partial charge >= 0.3 is 0 Å². The minimum Gasteiger partial charge on any atom is -0.371 e. The van der Waals surface area contributed by atoms with Crippen molar-refractivity contribution in [3.8, 4) is 5.69 Å². The van der Waals surface area contributed by atoms with E-state index in [-0.39, 0.29) is 6.04 Å². The number of benzene rings is 1. The summed E-state index contributed by atoms with van der Waals surface area (Å²) in [7, 11) is 4.29. The van der Waals surface area contributed by atoms with Crippen molar-refractivity contribution in [2.45, 2.75) is 6.04 Å². The number of likely N-dealkylation sites (N-methyl/N-ethyl adjacent to an activating group) is 1. The molecule has 1 fully saturated rings. The van der Waals surface area contributed by atoms with E-state index in [1.54, 1.807) is 0 Å². The van der Waals surface area contributed by atoms with Crippen LogP contribution >= 0.6 is 0 Å². The molecule has 3 aromatic rings. The van der Waals surface area contributed by atoms with Gasteiger partial charge in [0.25, 0.3) is 0 Å². The molecule has 2 aliphatic heterocycles. The summed E-state index contributed by atoms with van der Waals surface area (Å²) < 4.78 is 2.30. The molecule has 1 aromatic carbocycles. The Balaban J connectivity index is 1.41. The molecule has 2 aromatic heterocycles. The number of piperazine rings is 1. The minimum atomic E-state index is 0.0883. The number of hydrogen-bond donors (Lipinski definition) is 1. The number of pyridine rings is 1. The van der Waals surface area contributed by atoms with Crippen LogP contribution in [-0.2, 0) is 0 Å². The SMILES string of the molecule is CN(C)CCN1CCN(c2ccncc2C2Nc3ccccc3-n3cccc32)CC1. The van der Waals surface area contributed by atoms with E-state index in [1.165, 1.54) is 22.6 Å². The number of hydrogen-bond acceptors (Lipinski definition) is 5. The summed E-state index contributed by atoms with van der Waals surface area (Å²) in [5.74, 6) is 0. The highest BCUT2D eigenvalue weighted by Gasteiger charge is 2.29. The van der Waals surface area contributed by atoms with Gasteiger partial charge in [-0.25, -0.2) is 0 Å². The fraction of sp³-hybridized carbons (Fsp3) is 0.375. The molecule has 1 unspecified atom stereocenters. The second kappa shape index (κ2) is 8.13. The number of fused-ring (bicyclic) bond motifs is 3. The van der Waals surface area contributed by atoms with Crippen LogP contribution in [0.1, 0.15) is 17.3 Å². The Morgan fingerprint density at radius 1 is 1.00 bits per heavy atom. The Labute approximate surface area is 178 Å². The Bertz CT molecular complexity index is 1000. The quantitative estimate of drug-likeness (QED) is 0.710. The van der Waals surface area contributed by atoms with Crippen LogP contribution in [0.5, 0.6) is 0 Å². The molecule has 6 nitrogen and oxygen atoms in total. The smallest absolute Gasteiger partial charge is 0.0959 e. The van der Waals surface area contributed by atoms with Crippen molar-refractivity contribution in [1.82, 2.24) is 19.4 Å². The second-order valence-corrected chi connectivity index (χ2v) is 8.46. The van der Waals surface area contributed by atoms with Crippen LogP contribution in [0.3, 0.4) is 0 Å². The van der Waals surface area contributed by atoms with Gasteiger partial charge in [-0.1, -0.05) is 12.1 Å². The van der Waals surface area contributed by atoms with Crippen molar-refractivity contribution in [2.24, 2.45) is 0 Å². The molecule has 2 aliphatic rings. The zero-order valence-electron chi connectivity index (χ0n) is 17.8. The lowest BCUT2D eigenvalue weighted by molar-refractivity contribution is 0.229. The molecule has 0 amide bonds. The van der Waals surface area contributed by atoms with E-state index in [2.05, 4.69) is 92.3 Å². The molecule has 5 rings (SSSR count). The van der Waals surface area contributed by atoms with E-state index < -0.39 is 0 Å². The second-order valence-electron chi connectivity index (χ2n) is 8.46. The molecule has 1 N–H and O–H groups in total. The molecule has 0 radical (unpaired) electrons. The van der Waals surface area contributed by atoms with Crippen LogP contribution in [-0.4, -0.2) is 72.7 Å². The third-order valence-electron chi connectivity index (χ3n) is 6.25. The third kappa shape index (κ3) is 3.57. The van der Waals surface area contributed by atoms with Crippen molar-refractivity contribution in [3.63, 3.8) is 0 Å². The lowest BCUT2D eigenvalue weighted by Crippen LogP contribution is -2.48. The predicted octanol–water partition coefficient (Wildman–Crippen LogP) is 3.07. The highest BCUT2D eigenvalue weighted by Crippen LogP contribution is 2.39. The minimum absolute atomic E-state index is 0.0883. The normalized spacial score (nSPS) is 18.8. The molecule has 156 valence electrons.